The Labute approximate surface area is 92.0 Å². The first kappa shape index (κ1) is 8.98. The highest BCUT2D eigenvalue weighted by Gasteiger charge is 2.14. The van der Waals surface area contributed by atoms with Crippen LogP contribution in [0.15, 0.2) is 28.8 Å². The SMILES string of the molecule is N#Cc1cc(-c2ccc3c(c2)CCO3)on1. The van der Waals surface area contributed by atoms with Gasteiger partial charge >= 0.3 is 0 Å². The molecule has 0 unspecified atom stereocenters. The second-order valence-corrected chi connectivity index (χ2v) is 3.61. The molecule has 0 spiro atoms. The average molecular weight is 212 g/mol. The monoisotopic (exact) mass is 212 g/mol. The fourth-order valence-corrected chi connectivity index (χ4v) is 1.80. The van der Waals surface area contributed by atoms with Crippen molar-refractivity contribution in [3.05, 3.63) is 35.5 Å². The van der Waals surface area contributed by atoms with Crippen LogP contribution in [0.25, 0.3) is 11.3 Å². The normalized spacial score (nSPS) is 12.9. The van der Waals surface area contributed by atoms with Crippen molar-refractivity contribution >= 4 is 0 Å². The number of rotatable bonds is 1. The van der Waals surface area contributed by atoms with Gasteiger partial charge in [-0.05, 0) is 23.8 Å². The molecular weight excluding hydrogens is 204 g/mol. The van der Waals surface area contributed by atoms with E-state index in [1.54, 1.807) is 6.07 Å². The molecule has 0 atom stereocenters. The Morgan fingerprint density at radius 3 is 3.06 bits per heavy atom. The van der Waals surface area contributed by atoms with Crippen molar-refractivity contribution in [1.82, 2.24) is 5.16 Å². The smallest absolute Gasteiger partial charge is 0.184 e. The molecule has 1 aromatic heterocycles. The van der Waals surface area contributed by atoms with Crippen LogP contribution in [-0.4, -0.2) is 11.8 Å². The third kappa shape index (κ3) is 1.34. The highest BCUT2D eigenvalue weighted by Crippen LogP contribution is 2.30. The number of fused-ring (bicyclic) bond motifs is 1. The van der Waals surface area contributed by atoms with Crippen molar-refractivity contribution in [3.63, 3.8) is 0 Å². The molecule has 4 nitrogen and oxygen atoms in total. The lowest BCUT2D eigenvalue weighted by Crippen LogP contribution is -1.85. The summed E-state index contributed by atoms with van der Waals surface area (Å²) in [5.74, 6) is 1.55. The quantitative estimate of drug-likeness (QED) is 0.726. The number of nitrogens with zero attached hydrogens (tertiary/aromatic N) is 2. The summed E-state index contributed by atoms with van der Waals surface area (Å²) in [4.78, 5) is 0. The maximum Gasteiger partial charge on any atom is 0.184 e. The minimum absolute atomic E-state index is 0.298. The van der Waals surface area contributed by atoms with Gasteiger partial charge in [-0.2, -0.15) is 5.26 Å². The van der Waals surface area contributed by atoms with Crippen LogP contribution in [0.1, 0.15) is 11.3 Å². The van der Waals surface area contributed by atoms with Crippen molar-refractivity contribution < 1.29 is 9.26 Å². The summed E-state index contributed by atoms with van der Waals surface area (Å²) >= 11 is 0. The van der Waals surface area contributed by atoms with E-state index < -0.39 is 0 Å². The number of hydrogen-bond donors (Lipinski definition) is 0. The highest BCUT2D eigenvalue weighted by atomic mass is 16.5. The molecule has 1 aromatic carbocycles. The van der Waals surface area contributed by atoms with Crippen molar-refractivity contribution in [3.8, 4) is 23.1 Å². The van der Waals surface area contributed by atoms with Gasteiger partial charge in [-0.1, -0.05) is 5.16 Å². The van der Waals surface area contributed by atoms with Crippen molar-refractivity contribution in [1.29, 1.82) is 5.26 Å². The first-order valence-corrected chi connectivity index (χ1v) is 5.00. The summed E-state index contributed by atoms with van der Waals surface area (Å²) in [5, 5.41) is 12.3. The molecule has 0 saturated carbocycles. The van der Waals surface area contributed by atoms with Crippen LogP contribution in [0.5, 0.6) is 5.75 Å². The number of hydrogen-bond acceptors (Lipinski definition) is 4. The molecular formula is C12H8N2O2. The predicted octanol–water partition coefficient (Wildman–Crippen LogP) is 2.15. The van der Waals surface area contributed by atoms with Gasteiger partial charge < -0.3 is 9.26 Å². The zero-order chi connectivity index (χ0) is 11.0. The molecule has 0 amide bonds. The zero-order valence-corrected chi connectivity index (χ0v) is 8.43. The van der Waals surface area contributed by atoms with Gasteiger partial charge in [-0.15, -0.1) is 0 Å². The van der Waals surface area contributed by atoms with E-state index in [4.69, 9.17) is 14.5 Å². The van der Waals surface area contributed by atoms with E-state index in [1.165, 1.54) is 5.56 Å². The maximum absolute atomic E-state index is 8.66. The maximum atomic E-state index is 8.66. The van der Waals surface area contributed by atoms with Crippen molar-refractivity contribution in [2.45, 2.75) is 6.42 Å². The summed E-state index contributed by atoms with van der Waals surface area (Å²) in [6.45, 7) is 0.735. The van der Waals surface area contributed by atoms with E-state index in [0.29, 0.717) is 11.5 Å². The van der Waals surface area contributed by atoms with E-state index in [-0.39, 0.29) is 0 Å². The van der Waals surface area contributed by atoms with Crippen LogP contribution in [0.2, 0.25) is 0 Å². The van der Waals surface area contributed by atoms with E-state index in [9.17, 15) is 0 Å². The predicted molar refractivity (Wildman–Crippen MR) is 55.9 cm³/mol. The second kappa shape index (κ2) is 3.38. The Morgan fingerprint density at radius 2 is 2.25 bits per heavy atom. The molecule has 3 rings (SSSR count). The van der Waals surface area contributed by atoms with Crippen molar-refractivity contribution in [2.24, 2.45) is 0 Å². The second-order valence-electron chi connectivity index (χ2n) is 3.61. The number of ether oxygens (including phenoxy) is 1. The van der Waals surface area contributed by atoms with Gasteiger partial charge in [0, 0.05) is 18.1 Å². The third-order valence-corrected chi connectivity index (χ3v) is 2.60. The summed E-state index contributed by atoms with van der Waals surface area (Å²) in [7, 11) is 0. The van der Waals surface area contributed by atoms with Gasteiger partial charge in [0.2, 0.25) is 0 Å². The lowest BCUT2D eigenvalue weighted by molar-refractivity contribution is 0.357. The first-order chi connectivity index (χ1) is 7.86. The van der Waals surface area contributed by atoms with Crippen LogP contribution in [0, 0.1) is 11.3 Å². The molecule has 4 heteroatoms. The Morgan fingerprint density at radius 1 is 1.31 bits per heavy atom. The minimum Gasteiger partial charge on any atom is -0.493 e. The number of benzene rings is 1. The van der Waals surface area contributed by atoms with Gasteiger partial charge in [-0.25, -0.2) is 0 Å². The molecule has 0 aliphatic carbocycles. The van der Waals surface area contributed by atoms with E-state index in [1.807, 2.05) is 24.3 Å². The van der Waals surface area contributed by atoms with Crippen LogP contribution in [0.4, 0.5) is 0 Å². The summed E-state index contributed by atoms with van der Waals surface area (Å²) in [6.07, 6.45) is 0.919. The molecule has 16 heavy (non-hydrogen) atoms. The topological polar surface area (TPSA) is 59.0 Å². The summed E-state index contributed by atoms with van der Waals surface area (Å²) < 4.78 is 10.5. The highest BCUT2D eigenvalue weighted by molar-refractivity contribution is 5.61. The van der Waals surface area contributed by atoms with Crippen molar-refractivity contribution in [2.75, 3.05) is 6.61 Å². The Kier molecular flexibility index (Phi) is 1.90. The van der Waals surface area contributed by atoms with Crippen LogP contribution in [-0.2, 0) is 6.42 Å². The van der Waals surface area contributed by atoms with Gasteiger partial charge in [0.05, 0.1) is 6.61 Å². The fourth-order valence-electron chi connectivity index (χ4n) is 1.80. The molecule has 0 bridgehead atoms. The number of nitriles is 1. The molecule has 1 aliphatic heterocycles. The van der Waals surface area contributed by atoms with Crippen LogP contribution in [0.3, 0.4) is 0 Å². The Balaban J connectivity index is 2.04. The molecule has 1 aliphatic rings. The largest absolute Gasteiger partial charge is 0.493 e. The lowest BCUT2D eigenvalue weighted by atomic mass is 10.1. The molecule has 0 N–H and O–H groups in total. The first-order valence-electron chi connectivity index (χ1n) is 5.00. The minimum atomic E-state index is 0.298. The van der Waals surface area contributed by atoms with Crippen LogP contribution >= 0.6 is 0 Å². The van der Waals surface area contributed by atoms with E-state index in [0.717, 1.165) is 24.3 Å². The van der Waals surface area contributed by atoms with Gasteiger partial charge in [0.1, 0.15) is 11.8 Å². The van der Waals surface area contributed by atoms with Crippen LogP contribution < -0.4 is 4.74 Å². The van der Waals surface area contributed by atoms with E-state index >= 15 is 0 Å². The van der Waals surface area contributed by atoms with Gasteiger partial charge in [0.25, 0.3) is 0 Å². The molecule has 2 aromatic rings. The molecule has 2 heterocycles. The molecule has 78 valence electrons. The molecule has 0 fully saturated rings. The third-order valence-electron chi connectivity index (χ3n) is 2.60. The average Bonchev–Trinajstić information content (AvgIpc) is 2.96. The standard InChI is InChI=1S/C12H8N2O2/c13-7-10-6-12(16-14-10)8-1-2-11-9(5-8)3-4-15-11/h1-2,5-6H,3-4H2. The zero-order valence-electron chi connectivity index (χ0n) is 8.43. The Bertz CT molecular complexity index is 581. The summed E-state index contributed by atoms with van der Waals surface area (Å²) in [5.41, 5.74) is 2.40. The molecule has 0 saturated heterocycles. The lowest BCUT2D eigenvalue weighted by Gasteiger charge is -2.00. The van der Waals surface area contributed by atoms with Gasteiger partial charge in [0.15, 0.2) is 11.5 Å². The summed E-state index contributed by atoms with van der Waals surface area (Å²) in [6, 6.07) is 9.43. The fraction of sp³-hybridized carbons (Fsp3) is 0.167. The Hall–Kier alpha value is -2.28. The molecule has 0 radical (unpaired) electrons. The number of aromatic nitrogens is 1. The van der Waals surface area contributed by atoms with E-state index in [2.05, 4.69) is 5.16 Å². The van der Waals surface area contributed by atoms with Gasteiger partial charge in [-0.3, -0.25) is 0 Å².